The van der Waals surface area contributed by atoms with E-state index in [-0.39, 0.29) is 16.7 Å². The molecule has 112 valence electrons. The van der Waals surface area contributed by atoms with E-state index in [4.69, 9.17) is 0 Å². The van der Waals surface area contributed by atoms with Crippen LogP contribution < -0.4 is 0 Å². The summed E-state index contributed by atoms with van der Waals surface area (Å²) in [6, 6.07) is 4.15. The van der Waals surface area contributed by atoms with E-state index in [2.05, 4.69) is 32.7 Å². The van der Waals surface area contributed by atoms with Crippen molar-refractivity contribution in [1.29, 1.82) is 0 Å². The van der Waals surface area contributed by atoms with Gasteiger partial charge in [-0.3, -0.25) is 9.78 Å². The lowest BCUT2D eigenvalue weighted by Crippen LogP contribution is -2.36. The van der Waals surface area contributed by atoms with E-state index in [1.54, 1.807) is 24.2 Å². The van der Waals surface area contributed by atoms with Crippen LogP contribution in [-0.2, 0) is 4.79 Å². The molecule has 0 aliphatic carbocycles. The molecule has 3 nitrogen and oxygen atoms in total. The van der Waals surface area contributed by atoms with Crippen molar-refractivity contribution in [3.63, 3.8) is 0 Å². The zero-order valence-electron chi connectivity index (χ0n) is 13.2. The average molecular weight is 294 g/mol. The highest BCUT2D eigenvalue weighted by Crippen LogP contribution is 2.27. The van der Waals surface area contributed by atoms with Crippen molar-refractivity contribution >= 4 is 17.7 Å². The van der Waals surface area contributed by atoms with Crippen LogP contribution >= 0.6 is 11.8 Å². The smallest absolute Gasteiger partial charge is 0.233 e. The van der Waals surface area contributed by atoms with Crippen molar-refractivity contribution in [1.82, 2.24) is 9.88 Å². The van der Waals surface area contributed by atoms with Crippen LogP contribution in [0.15, 0.2) is 24.5 Å². The Morgan fingerprint density at radius 3 is 2.35 bits per heavy atom. The predicted molar refractivity (Wildman–Crippen MR) is 86.9 cm³/mol. The van der Waals surface area contributed by atoms with Gasteiger partial charge in [-0.05, 0) is 31.0 Å². The van der Waals surface area contributed by atoms with Crippen molar-refractivity contribution in [2.24, 2.45) is 0 Å². The molecule has 1 rings (SSSR count). The van der Waals surface area contributed by atoms with Crippen LogP contribution in [0.5, 0.6) is 0 Å². The van der Waals surface area contributed by atoms with E-state index in [0.717, 1.165) is 13.0 Å². The second-order valence-corrected chi connectivity index (χ2v) is 7.59. The van der Waals surface area contributed by atoms with Crippen LogP contribution in [-0.4, -0.2) is 32.8 Å². The van der Waals surface area contributed by atoms with E-state index in [1.165, 1.54) is 5.56 Å². The second kappa shape index (κ2) is 7.67. The van der Waals surface area contributed by atoms with Gasteiger partial charge in [-0.15, -0.1) is 11.8 Å². The van der Waals surface area contributed by atoms with Gasteiger partial charge in [0.2, 0.25) is 5.91 Å². The van der Waals surface area contributed by atoms with Gasteiger partial charge in [0.05, 0.1) is 11.8 Å². The number of carbonyl (C=O) groups excluding carboxylic acids is 1. The number of thioether (sulfide) groups is 1. The Morgan fingerprint density at radius 2 is 1.90 bits per heavy atom. The van der Waals surface area contributed by atoms with Crippen LogP contribution in [0.1, 0.15) is 52.6 Å². The largest absolute Gasteiger partial charge is 0.335 e. The number of amides is 1. The lowest BCUT2D eigenvalue weighted by atomic mass is 10.0. The minimum absolute atomic E-state index is 0.119. The maximum Gasteiger partial charge on any atom is 0.233 e. The third kappa shape index (κ3) is 5.16. The summed E-state index contributed by atoms with van der Waals surface area (Å²) >= 11 is 1.70. The Balaban J connectivity index is 2.79. The Kier molecular flexibility index (Phi) is 6.53. The highest BCUT2D eigenvalue weighted by Gasteiger charge is 2.23. The van der Waals surface area contributed by atoms with Crippen LogP contribution in [0, 0.1) is 0 Å². The maximum absolute atomic E-state index is 12.5. The lowest BCUT2D eigenvalue weighted by molar-refractivity contribution is -0.130. The molecule has 0 saturated heterocycles. The zero-order valence-corrected chi connectivity index (χ0v) is 14.0. The molecule has 0 saturated carbocycles. The number of pyridine rings is 1. The molecule has 1 heterocycles. The molecule has 1 aromatic heterocycles. The summed E-state index contributed by atoms with van der Waals surface area (Å²) in [5.74, 6) is 0.759. The molecule has 0 spiro atoms. The molecular formula is C16H26N2OS. The fraction of sp³-hybridized carbons (Fsp3) is 0.625. The molecule has 1 amide bonds. The Labute approximate surface area is 127 Å². The molecule has 0 aromatic carbocycles. The number of hydrogen-bond donors (Lipinski definition) is 0. The number of aromatic nitrogens is 1. The number of nitrogens with zero attached hydrogens (tertiary/aromatic N) is 2. The SMILES string of the molecule is CCC(c1ccncc1)N(CC)C(=O)CSC(C)(C)C. The summed E-state index contributed by atoms with van der Waals surface area (Å²) in [7, 11) is 0. The van der Waals surface area contributed by atoms with E-state index in [0.29, 0.717) is 5.75 Å². The molecule has 0 aliphatic rings. The van der Waals surface area contributed by atoms with Gasteiger partial charge >= 0.3 is 0 Å². The minimum atomic E-state index is 0.119. The maximum atomic E-state index is 12.5. The normalized spacial score (nSPS) is 13.1. The van der Waals surface area contributed by atoms with Gasteiger partial charge in [0, 0.05) is 23.7 Å². The quantitative estimate of drug-likeness (QED) is 0.797. The lowest BCUT2D eigenvalue weighted by Gasteiger charge is -2.31. The first-order valence-corrected chi connectivity index (χ1v) is 8.21. The summed E-state index contributed by atoms with van der Waals surface area (Å²) in [5.41, 5.74) is 1.17. The van der Waals surface area contributed by atoms with E-state index >= 15 is 0 Å². The van der Waals surface area contributed by atoms with E-state index in [9.17, 15) is 4.79 Å². The first-order valence-electron chi connectivity index (χ1n) is 7.22. The summed E-state index contributed by atoms with van der Waals surface area (Å²) in [6.45, 7) is 11.3. The summed E-state index contributed by atoms with van der Waals surface area (Å²) in [5, 5.41) is 0. The molecule has 1 aromatic rings. The van der Waals surface area contributed by atoms with E-state index in [1.807, 2.05) is 24.0 Å². The highest BCUT2D eigenvalue weighted by atomic mass is 32.2. The van der Waals surface area contributed by atoms with Gasteiger partial charge in [-0.1, -0.05) is 27.7 Å². The zero-order chi connectivity index (χ0) is 15.2. The monoisotopic (exact) mass is 294 g/mol. The Morgan fingerprint density at radius 1 is 1.30 bits per heavy atom. The number of carbonyl (C=O) groups is 1. The fourth-order valence-corrected chi connectivity index (χ4v) is 2.88. The Hall–Kier alpha value is -1.03. The number of hydrogen-bond acceptors (Lipinski definition) is 3. The molecule has 0 bridgehead atoms. The van der Waals surface area contributed by atoms with Crippen molar-refractivity contribution in [3.8, 4) is 0 Å². The van der Waals surface area contributed by atoms with Crippen molar-refractivity contribution < 1.29 is 4.79 Å². The van der Waals surface area contributed by atoms with Crippen molar-refractivity contribution in [3.05, 3.63) is 30.1 Å². The van der Waals surface area contributed by atoms with Crippen LogP contribution in [0.3, 0.4) is 0 Å². The Bertz CT molecular complexity index is 414. The van der Waals surface area contributed by atoms with Gasteiger partial charge in [0.15, 0.2) is 0 Å². The molecule has 0 fully saturated rings. The van der Waals surface area contributed by atoms with Gasteiger partial charge < -0.3 is 4.90 Å². The van der Waals surface area contributed by atoms with Crippen LogP contribution in [0.2, 0.25) is 0 Å². The third-order valence-electron chi connectivity index (χ3n) is 3.14. The van der Waals surface area contributed by atoms with Crippen molar-refractivity contribution in [2.45, 2.75) is 51.8 Å². The summed E-state index contributed by atoms with van der Waals surface area (Å²) in [4.78, 5) is 18.5. The topological polar surface area (TPSA) is 33.2 Å². The molecule has 0 radical (unpaired) electrons. The first kappa shape index (κ1) is 17.0. The van der Waals surface area contributed by atoms with Gasteiger partial charge in [-0.2, -0.15) is 0 Å². The van der Waals surface area contributed by atoms with Crippen LogP contribution in [0.25, 0.3) is 0 Å². The first-order chi connectivity index (χ1) is 9.39. The van der Waals surface area contributed by atoms with Crippen molar-refractivity contribution in [2.75, 3.05) is 12.3 Å². The highest BCUT2D eigenvalue weighted by molar-refractivity contribution is 8.01. The molecule has 4 heteroatoms. The standard InChI is InChI=1S/C16H26N2OS/c1-6-14(13-8-10-17-11-9-13)18(7-2)15(19)12-20-16(3,4)5/h8-11,14H,6-7,12H2,1-5H3. The summed E-state index contributed by atoms with van der Waals surface area (Å²) < 4.78 is 0.119. The molecule has 20 heavy (non-hydrogen) atoms. The third-order valence-corrected chi connectivity index (χ3v) is 4.40. The minimum Gasteiger partial charge on any atom is -0.335 e. The van der Waals surface area contributed by atoms with Gasteiger partial charge in [-0.25, -0.2) is 0 Å². The number of rotatable bonds is 6. The molecule has 1 unspecified atom stereocenters. The van der Waals surface area contributed by atoms with Gasteiger partial charge in [0.25, 0.3) is 0 Å². The summed E-state index contributed by atoms with van der Waals surface area (Å²) in [6.07, 6.45) is 4.50. The van der Waals surface area contributed by atoms with E-state index < -0.39 is 0 Å². The molecule has 1 atom stereocenters. The van der Waals surface area contributed by atoms with Crippen LogP contribution in [0.4, 0.5) is 0 Å². The van der Waals surface area contributed by atoms with Gasteiger partial charge in [0.1, 0.15) is 0 Å². The second-order valence-electron chi connectivity index (χ2n) is 5.79. The molecule has 0 N–H and O–H groups in total. The fourth-order valence-electron chi connectivity index (χ4n) is 2.15. The average Bonchev–Trinajstić information content (AvgIpc) is 2.42. The molecule has 0 aliphatic heterocycles. The molecular weight excluding hydrogens is 268 g/mol. The predicted octanol–water partition coefficient (Wildman–Crippen LogP) is 3.91.